The van der Waals surface area contributed by atoms with Crippen molar-refractivity contribution in [2.75, 3.05) is 0 Å². The Morgan fingerprint density at radius 1 is 1.20 bits per heavy atom. The van der Waals surface area contributed by atoms with Crippen molar-refractivity contribution in [2.45, 2.75) is 6.92 Å². The van der Waals surface area contributed by atoms with E-state index in [0.29, 0.717) is 16.3 Å². The Balaban J connectivity index is 2.00. The molecule has 0 spiro atoms. The molecule has 2 rings (SSSR count). The van der Waals surface area contributed by atoms with Crippen LogP contribution in [0, 0.1) is 6.92 Å². The Kier molecular flexibility index (Phi) is 4.99. The second kappa shape index (κ2) is 6.73. The Hall–Kier alpha value is -1.58. The highest BCUT2D eigenvalue weighted by Gasteiger charge is 2.01. The zero-order valence-electron chi connectivity index (χ0n) is 10.8. The number of hydrogen-bond donors (Lipinski definition) is 0. The molecule has 0 atom stereocenters. The van der Waals surface area contributed by atoms with Crippen molar-refractivity contribution in [2.24, 2.45) is 0 Å². The fraction of sp³-hybridized carbons (Fsp3) is 0.0625. The number of ether oxygens (including phenoxy) is 1. The van der Waals surface area contributed by atoms with Gasteiger partial charge in [0.25, 0.3) is 0 Å². The summed E-state index contributed by atoms with van der Waals surface area (Å²) >= 11 is 9.25. The Morgan fingerprint density at radius 3 is 2.55 bits per heavy atom. The molecular weight excluding hydrogens is 340 g/mol. The SMILES string of the molecule is Cc1cc(OC=CC(=O)c2ccc(Br)cc2)ccc1Cl. The fourth-order valence-electron chi connectivity index (χ4n) is 1.58. The highest BCUT2D eigenvalue weighted by Crippen LogP contribution is 2.21. The molecule has 0 radical (unpaired) electrons. The molecule has 0 amide bonds. The number of carbonyl (C=O) groups excluding carboxylic acids is 1. The van der Waals surface area contributed by atoms with E-state index < -0.39 is 0 Å². The molecule has 102 valence electrons. The van der Waals surface area contributed by atoms with Crippen LogP contribution in [0.1, 0.15) is 15.9 Å². The molecule has 0 N–H and O–H groups in total. The summed E-state index contributed by atoms with van der Waals surface area (Å²) in [5.41, 5.74) is 1.54. The van der Waals surface area contributed by atoms with E-state index in [-0.39, 0.29) is 5.78 Å². The van der Waals surface area contributed by atoms with E-state index in [1.54, 1.807) is 24.3 Å². The highest BCUT2D eigenvalue weighted by molar-refractivity contribution is 9.10. The van der Waals surface area contributed by atoms with Gasteiger partial charge in [-0.2, -0.15) is 0 Å². The average molecular weight is 352 g/mol. The van der Waals surface area contributed by atoms with E-state index in [1.807, 2.05) is 25.1 Å². The first-order chi connectivity index (χ1) is 9.56. The molecule has 4 heteroatoms. The van der Waals surface area contributed by atoms with Crippen molar-refractivity contribution in [3.8, 4) is 5.75 Å². The Labute approximate surface area is 131 Å². The van der Waals surface area contributed by atoms with Crippen molar-refractivity contribution in [1.82, 2.24) is 0 Å². The van der Waals surface area contributed by atoms with Crippen molar-refractivity contribution in [3.05, 3.63) is 75.4 Å². The summed E-state index contributed by atoms with van der Waals surface area (Å²) in [6, 6.07) is 12.5. The van der Waals surface area contributed by atoms with E-state index in [4.69, 9.17) is 16.3 Å². The van der Waals surface area contributed by atoms with Crippen LogP contribution in [0.2, 0.25) is 5.02 Å². The van der Waals surface area contributed by atoms with Gasteiger partial charge in [0.2, 0.25) is 0 Å². The van der Waals surface area contributed by atoms with E-state index in [1.165, 1.54) is 12.3 Å². The van der Waals surface area contributed by atoms with Crippen LogP contribution in [-0.2, 0) is 0 Å². The van der Waals surface area contributed by atoms with Gasteiger partial charge in [-0.1, -0.05) is 27.5 Å². The molecule has 0 aliphatic carbocycles. The van der Waals surface area contributed by atoms with Crippen LogP contribution in [-0.4, -0.2) is 5.78 Å². The largest absolute Gasteiger partial charge is 0.465 e. The number of aryl methyl sites for hydroxylation is 1. The van der Waals surface area contributed by atoms with Crippen LogP contribution in [0.15, 0.2) is 59.3 Å². The molecule has 0 aromatic heterocycles. The molecule has 2 nitrogen and oxygen atoms in total. The summed E-state index contributed by atoms with van der Waals surface area (Å²) in [7, 11) is 0. The number of allylic oxidation sites excluding steroid dienone is 1. The molecule has 2 aromatic carbocycles. The lowest BCUT2D eigenvalue weighted by Gasteiger charge is -2.02. The summed E-state index contributed by atoms with van der Waals surface area (Å²) in [6.07, 6.45) is 2.78. The second-order valence-electron chi connectivity index (χ2n) is 4.20. The molecule has 0 saturated carbocycles. The topological polar surface area (TPSA) is 26.3 Å². The maximum absolute atomic E-state index is 11.9. The number of ketones is 1. The van der Waals surface area contributed by atoms with E-state index in [9.17, 15) is 4.79 Å². The van der Waals surface area contributed by atoms with Gasteiger partial charge in [-0.25, -0.2) is 0 Å². The Bertz CT molecular complexity index is 648. The maximum Gasteiger partial charge on any atom is 0.188 e. The third-order valence-corrected chi connectivity index (χ3v) is 3.63. The van der Waals surface area contributed by atoms with Gasteiger partial charge in [-0.15, -0.1) is 0 Å². The maximum atomic E-state index is 11.9. The number of halogens is 2. The first kappa shape index (κ1) is 14.8. The summed E-state index contributed by atoms with van der Waals surface area (Å²) in [5.74, 6) is 0.537. The third kappa shape index (κ3) is 3.95. The van der Waals surface area contributed by atoms with Crippen molar-refractivity contribution >= 4 is 33.3 Å². The lowest BCUT2D eigenvalue weighted by Crippen LogP contribution is -1.94. The van der Waals surface area contributed by atoms with Crippen LogP contribution in [0.3, 0.4) is 0 Å². The van der Waals surface area contributed by atoms with Crippen LogP contribution < -0.4 is 4.74 Å². The predicted octanol–water partition coefficient (Wildman–Crippen LogP) is 5.19. The van der Waals surface area contributed by atoms with Gasteiger partial charge < -0.3 is 4.74 Å². The molecule has 0 saturated heterocycles. The lowest BCUT2D eigenvalue weighted by atomic mass is 10.1. The second-order valence-corrected chi connectivity index (χ2v) is 5.53. The number of carbonyl (C=O) groups is 1. The minimum Gasteiger partial charge on any atom is -0.465 e. The van der Waals surface area contributed by atoms with E-state index >= 15 is 0 Å². The quantitative estimate of drug-likeness (QED) is 0.430. The van der Waals surface area contributed by atoms with Crippen LogP contribution in [0.4, 0.5) is 0 Å². The number of rotatable bonds is 4. The van der Waals surface area contributed by atoms with Gasteiger partial charge in [0.1, 0.15) is 5.75 Å². The molecule has 0 fully saturated rings. The van der Waals surface area contributed by atoms with Gasteiger partial charge >= 0.3 is 0 Å². The molecule has 0 aliphatic heterocycles. The number of benzene rings is 2. The van der Waals surface area contributed by atoms with E-state index in [2.05, 4.69) is 15.9 Å². The molecule has 0 aliphatic rings. The summed E-state index contributed by atoms with van der Waals surface area (Å²) in [6.45, 7) is 1.89. The summed E-state index contributed by atoms with van der Waals surface area (Å²) in [4.78, 5) is 11.9. The first-order valence-electron chi connectivity index (χ1n) is 5.95. The Morgan fingerprint density at radius 2 is 1.90 bits per heavy atom. The van der Waals surface area contributed by atoms with Gasteiger partial charge in [0.05, 0.1) is 6.26 Å². The van der Waals surface area contributed by atoms with Gasteiger partial charge in [0, 0.05) is 21.1 Å². The number of hydrogen-bond acceptors (Lipinski definition) is 2. The van der Waals surface area contributed by atoms with Crippen molar-refractivity contribution in [1.29, 1.82) is 0 Å². The molecule has 20 heavy (non-hydrogen) atoms. The minimum atomic E-state index is -0.108. The van der Waals surface area contributed by atoms with Crippen LogP contribution in [0.25, 0.3) is 0 Å². The predicted molar refractivity (Wildman–Crippen MR) is 84.4 cm³/mol. The molecule has 2 aromatic rings. The standard InChI is InChI=1S/C16H12BrClO2/c1-11-10-14(6-7-15(11)18)20-9-8-16(19)12-2-4-13(17)5-3-12/h2-10H,1H3. The smallest absolute Gasteiger partial charge is 0.188 e. The van der Waals surface area contributed by atoms with E-state index in [0.717, 1.165) is 10.0 Å². The van der Waals surface area contributed by atoms with Gasteiger partial charge in [0.15, 0.2) is 5.78 Å². The average Bonchev–Trinajstić information content (AvgIpc) is 2.43. The summed E-state index contributed by atoms with van der Waals surface area (Å²) < 4.78 is 6.32. The van der Waals surface area contributed by atoms with Gasteiger partial charge in [-0.05, 0) is 55.0 Å². The zero-order valence-corrected chi connectivity index (χ0v) is 13.1. The molecule has 0 heterocycles. The first-order valence-corrected chi connectivity index (χ1v) is 7.12. The van der Waals surface area contributed by atoms with Crippen molar-refractivity contribution in [3.63, 3.8) is 0 Å². The summed E-state index contributed by atoms with van der Waals surface area (Å²) in [5, 5.41) is 0.687. The van der Waals surface area contributed by atoms with Crippen LogP contribution >= 0.6 is 27.5 Å². The molecule has 0 unspecified atom stereocenters. The normalized spacial score (nSPS) is 10.8. The highest BCUT2D eigenvalue weighted by atomic mass is 79.9. The minimum absolute atomic E-state index is 0.108. The lowest BCUT2D eigenvalue weighted by molar-refractivity contribution is 0.104. The zero-order chi connectivity index (χ0) is 14.5. The molecular formula is C16H12BrClO2. The monoisotopic (exact) mass is 350 g/mol. The van der Waals surface area contributed by atoms with Crippen molar-refractivity contribution < 1.29 is 9.53 Å². The van der Waals surface area contributed by atoms with Crippen LogP contribution in [0.5, 0.6) is 5.75 Å². The van der Waals surface area contributed by atoms with Gasteiger partial charge in [-0.3, -0.25) is 4.79 Å². The third-order valence-electron chi connectivity index (χ3n) is 2.68. The molecule has 0 bridgehead atoms. The fourth-order valence-corrected chi connectivity index (χ4v) is 1.96.